The molecule has 0 aromatic carbocycles. The first-order chi connectivity index (χ1) is 13.8. The molecule has 1 aromatic heterocycles. The third-order valence-corrected chi connectivity index (χ3v) is 7.42. The first-order valence-corrected chi connectivity index (χ1v) is 11.8. The molecule has 2 fully saturated rings. The van der Waals surface area contributed by atoms with Gasteiger partial charge >= 0.3 is 0 Å². The lowest BCUT2D eigenvalue weighted by molar-refractivity contribution is 0.128. The number of nitrogens with one attached hydrogen (secondary N) is 1. The van der Waals surface area contributed by atoms with E-state index < -0.39 is 0 Å². The van der Waals surface area contributed by atoms with Gasteiger partial charge < -0.3 is 10.2 Å². The molecule has 3 unspecified atom stereocenters. The van der Waals surface area contributed by atoms with E-state index in [0.717, 1.165) is 45.2 Å². The number of likely N-dealkylation sites (tertiary alicyclic amines) is 2. The summed E-state index contributed by atoms with van der Waals surface area (Å²) in [6, 6.07) is 5.67. The van der Waals surface area contributed by atoms with Crippen molar-refractivity contribution >= 4 is 17.3 Å². The van der Waals surface area contributed by atoms with Crippen molar-refractivity contribution in [3.05, 3.63) is 34.5 Å². The number of hydrogen-bond acceptors (Lipinski definition) is 4. The maximum atomic E-state index is 5.15. The second-order valence-corrected chi connectivity index (χ2v) is 9.33. The molecule has 3 aliphatic heterocycles. The molecule has 0 spiro atoms. The van der Waals surface area contributed by atoms with E-state index in [1.54, 1.807) is 0 Å². The van der Waals surface area contributed by atoms with Crippen LogP contribution in [0.5, 0.6) is 0 Å². The first kappa shape index (κ1) is 19.9. The third kappa shape index (κ3) is 4.44. The molecule has 4 heterocycles. The standard InChI is InChI=1S/C22H35N5S/c1-3-23-22(27-14-10-19(17-27)26-12-4-5-13-26)24-16-18-8-6-11-25(2)21(18)20-9-7-15-28-20/h4-5,7,9,15,18-19,21H,3,6,8,10-14,16-17H2,1-2H3,(H,23,24). The fraction of sp³-hybridized carbons (Fsp3) is 0.682. The Hall–Kier alpha value is -1.37. The van der Waals surface area contributed by atoms with Gasteiger partial charge in [-0.05, 0) is 57.1 Å². The predicted molar refractivity (Wildman–Crippen MR) is 119 cm³/mol. The Bertz CT molecular complexity index is 662. The molecule has 0 radical (unpaired) electrons. The number of piperidine rings is 1. The highest BCUT2D eigenvalue weighted by atomic mass is 32.1. The molecule has 2 saturated heterocycles. The molecular weight excluding hydrogens is 366 g/mol. The Labute approximate surface area is 174 Å². The maximum absolute atomic E-state index is 5.15. The van der Waals surface area contributed by atoms with Crippen LogP contribution >= 0.6 is 11.3 Å². The Morgan fingerprint density at radius 2 is 2.11 bits per heavy atom. The second kappa shape index (κ2) is 9.42. The van der Waals surface area contributed by atoms with Crippen molar-refractivity contribution in [2.45, 2.75) is 38.3 Å². The summed E-state index contributed by atoms with van der Waals surface area (Å²) in [7, 11) is 2.28. The van der Waals surface area contributed by atoms with Gasteiger partial charge in [0.15, 0.2) is 5.96 Å². The van der Waals surface area contributed by atoms with Crippen molar-refractivity contribution in [3.8, 4) is 0 Å². The van der Waals surface area contributed by atoms with Gasteiger partial charge in [-0.25, -0.2) is 0 Å². The topological polar surface area (TPSA) is 34.1 Å². The van der Waals surface area contributed by atoms with Gasteiger partial charge in [0.1, 0.15) is 0 Å². The van der Waals surface area contributed by atoms with Crippen LogP contribution < -0.4 is 5.32 Å². The van der Waals surface area contributed by atoms with E-state index in [1.165, 1.54) is 30.7 Å². The molecule has 0 bridgehead atoms. The van der Waals surface area contributed by atoms with E-state index in [9.17, 15) is 0 Å². The van der Waals surface area contributed by atoms with Gasteiger partial charge in [-0.3, -0.25) is 14.8 Å². The number of thiophene rings is 1. The number of nitrogens with zero attached hydrogens (tertiary/aromatic N) is 4. The van der Waals surface area contributed by atoms with Gasteiger partial charge in [0.25, 0.3) is 0 Å². The fourth-order valence-corrected chi connectivity index (χ4v) is 6.00. The predicted octanol–water partition coefficient (Wildman–Crippen LogP) is 3.04. The molecule has 0 amide bonds. The summed E-state index contributed by atoms with van der Waals surface area (Å²) in [4.78, 5) is 14.3. The molecule has 1 aromatic rings. The zero-order valence-electron chi connectivity index (χ0n) is 17.4. The molecule has 6 heteroatoms. The van der Waals surface area contributed by atoms with E-state index in [-0.39, 0.29) is 0 Å². The largest absolute Gasteiger partial charge is 0.357 e. The van der Waals surface area contributed by atoms with Crippen LogP contribution in [0.15, 0.2) is 34.7 Å². The Kier molecular flexibility index (Phi) is 6.70. The lowest BCUT2D eigenvalue weighted by atomic mass is 9.88. The van der Waals surface area contributed by atoms with Crippen LogP contribution in [0.25, 0.3) is 0 Å². The molecule has 3 aliphatic rings. The minimum Gasteiger partial charge on any atom is -0.357 e. The second-order valence-electron chi connectivity index (χ2n) is 8.35. The van der Waals surface area contributed by atoms with Crippen LogP contribution in [-0.2, 0) is 0 Å². The summed E-state index contributed by atoms with van der Waals surface area (Å²) in [5.41, 5.74) is 0. The van der Waals surface area contributed by atoms with Crippen molar-refractivity contribution in [1.82, 2.24) is 20.0 Å². The zero-order chi connectivity index (χ0) is 19.3. The van der Waals surface area contributed by atoms with Gasteiger partial charge in [-0.2, -0.15) is 0 Å². The SMILES string of the molecule is CCNC(=NCC1CCCN(C)C1c1cccs1)N1CCC(N2CC=CC2)C1. The normalized spacial score (nSPS) is 29.7. The minimum absolute atomic E-state index is 0.516. The minimum atomic E-state index is 0.516. The number of hydrogen-bond donors (Lipinski definition) is 1. The summed E-state index contributed by atoms with van der Waals surface area (Å²) in [6.45, 7) is 9.67. The first-order valence-electron chi connectivity index (χ1n) is 10.9. The van der Waals surface area contributed by atoms with E-state index in [4.69, 9.17) is 4.99 Å². The Balaban J connectivity index is 1.42. The smallest absolute Gasteiger partial charge is 0.193 e. The van der Waals surface area contributed by atoms with E-state index in [2.05, 4.69) is 63.7 Å². The lowest BCUT2D eigenvalue weighted by Gasteiger charge is -2.38. The Morgan fingerprint density at radius 3 is 2.86 bits per heavy atom. The molecule has 154 valence electrons. The molecule has 0 aliphatic carbocycles. The number of guanidine groups is 1. The van der Waals surface area contributed by atoms with Gasteiger partial charge in [0.2, 0.25) is 0 Å². The van der Waals surface area contributed by atoms with Gasteiger partial charge in [0.05, 0.1) is 0 Å². The molecule has 0 saturated carbocycles. The van der Waals surface area contributed by atoms with E-state index in [1.807, 2.05) is 11.3 Å². The fourth-order valence-electron chi connectivity index (χ4n) is 5.01. The highest BCUT2D eigenvalue weighted by molar-refractivity contribution is 7.10. The highest BCUT2D eigenvalue weighted by Crippen LogP contribution is 2.37. The van der Waals surface area contributed by atoms with Crippen molar-refractivity contribution in [2.24, 2.45) is 10.9 Å². The monoisotopic (exact) mass is 401 g/mol. The van der Waals surface area contributed by atoms with E-state index >= 15 is 0 Å². The summed E-state index contributed by atoms with van der Waals surface area (Å²) in [6.07, 6.45) is 8.40. The lowest BCUT2D eigenvalue weighted by Crippen LogP contribution is -2.43. The van der Waals surface area contributed by atoms with Crippen molar-refractivity contribution < 1.29 is 0 Å². The van der Waals surface area contributed by atoms with Crippen LogP contribution in [0.2, 0.25) is 0 Å². The number of rotatable bonds is 5. The molecular formula is C22H35N5S. The van der Waals surface area contributed by atoms with Crippen LogP contribution in [0, 0.1) is 5.92 Å². The van der Waals surface area contributed by atoms with Gasteiger partial charge in [-0.15, -0.1) is 11.3 Å². The van der Waals surface area contributed by atoms with Crippen LogP contribution in [0.3, 0.4) is 0 Å². The maximum Gasteiger partial charge on any atom is 0.193 e. The third-order valence-electron chi connectivity index (χ3n) is 6.48. The average molecular weight is 402 g/mol. The molecule has 1 N–H and O–H groups in total. The summed E-state index contributed by atoms with van der Waals surface area (Å²) >= 11 is 1.89. The van der Waals surface area contributed by atoms with Crippen LogP contribution in [0.1, 0.15) is 37.1 Å². The van der Waals surface area contributed by atoms with Crippen LogP contribution in [0.4, 0.5) is 0 Å². The van der Waals surface area contributed by atoms with Crippen LogP contribution in [-0.4, -0.2) is 79.6 Å². The average Bonchev–Trinajstić information content (AvgIpc) is 3.47. The van der Waals surface area contributed by atoms with Crippen molar-refractivity contribution in [3.63, 3.8) is 0 Å². The summed E-state index contributed by atoms with van der Waals surface area (Å²) < 4.78 is 0. The quantitative estimate of drug-likeness (QED) is 0.467. The van der Waals surface area contributed by atoms with Gasteiger partial charge in [-0.1, -0.05) is 18.2 Å². The van der Waals surface area contributed by atoms with Gasteiger partial charge in [0, 0.05) is 56.2 Å². The van der Waals surface area contributed by atoms with Crippen molar-refractivity contribution in [1.29, 1.82) is 0 Å². The Morgan fingerprint density at radius 1 is 1.25 bits per heavy atom. The highest BCUT2D eigenvalue weighted by Gasteiger charge is 2.32. The van der Waals surface area contributed by atoms with E-state index in [0.29, 0.717) is 18.0 Å². The van der Waals surface area contributed by atoms with Crippen molar-refractivity contribution in [2.75, 3.05) is 52.9 Å². The molecule has 28 heavy (non-hydrogen) atoms. The summed E-state index contributed by atoms with van der Waals surface area (Å²) in [5.74, 6) is 1.72. The zero-order valence-corrected chi connectivity index (χ0v) is 18.2. The summed E-state index contributed by atoms with van der Waals surface area (Å²) in [5, 5.41) is 5.77. The molecule has 3 atom stereocenters. The number of aliphatic imine (C=N–C) groups is 1. The molecule has 5 nitrogen and oxygen atoms in total. The molecule has 4 rings (SSSR count).